The summed E-state index contributed by atoms with van der Waals surface area (Å²) in [5.74, 6) is -0.229. The number of benzene rings is 1. The van der Waals surface area contributed by atoms with Crippen LogP contribution in [-0.2, 0) is 14.3 Å². The summed E-state index contributed by atoms with van der Waals surface area (Å²) in [5.41, 5.74) is 0. The lowest BCUT2D eigenvalue weighted by Gasteiger charge is -2.25. The average Bonchev–Trinajstić information content (AvgIpc) is 2.62. The van der Waals surface area contributed by atoms with Crippen molar-refractivity contribution >= 4 is 23.5 Å². The Morgan fingerprint density at radius 3 is 2.44 bits per heavy atom. The molecule has 25 heavy (non-hydrogen) atoms. The van der Waals surface area contributed by atoms with E-state index in [1.54, 1.807) is 36.1 Å². The van der Waals surface area contributed by atoms with Gasteiger partial charge in [0.2, 0.25) is 0 Å². The van der Waals surface area contributed by atoms with Gasteiger partial charge < -0.3 is 14.4 Å². The maximum Gasteiger partial charge on any atom is 0.310 e. The number of nitrogens with zero attached hydrogens (tertiary/aromatic N) is 1. The highest BCUT2D eigenvalue weighted by atomic mass is 35.5. The van der Waals surface area contributed by atoms with Crippen molar-refractivity contribution in [1.29, 1.82) is 0 Å². The van der Waals surface area contributed by atoms with E-state index in [2.05, 4.69) is 6.92 Å². The van der Waals surface area contributed by atoms with Crippen LogP contribution in [0.4, 0.5) is 0 Å². The van der Waals surface area contributed by atoms with E-state index in [4.69, 9.17) is 21.1 Å². The molecule has 0 aliphatic heterocycles. The summed E-state index contributed by atoms with van der Waals surface area (Å²) in [7, 11) is 1.36. The minimum atomic E-state index is -0.365. The smallest absolute Gasteiger partial charge is 0.310 e. The molecule has 5 nitrogen and oxygen atoms in total. The summed E-state index contributed by atoms with van der Waals surface area (Å²) >= 11 is 5.83. The third-order valence-corrected chi connectivity index (χ3v) is 4.16. The van der Waals surface area contributed by atoms with E-state index in [-0.39, 0.29) is 24.4 Å². The molecule has 0 radical (unpaired) electrons. The van der Waals surface area contributed by atoms with Gasteiger partial charge in [-0.2, -0.15) is 0 Å². The number of ether oxygens (including phenoxy) is 2. The molecule has 0 aliphatic rings. The number of esters is 1. The number of halogens is 1. The molecule has 0 fully saturated rings. The third kappa shape index (κ3) is 8.25. The fraction of sp³-hybridized carbons (Fsp3) is 0.579. The molecule has 6 heteroatoms. The van der Waals surface area contributed by atoms with Crippen LogP contribution in [0.1, 0.15) is 39.5 Å². The Hall–Kier alpha value is -1.75. The van der Waals surface area contributed by atoms with Crippen molar-refractivity contribution in [2.75, 3.05) is 26.8 Å². The molecule has 0 spiro atoms. The van der Waals surface area contributed by atoms with Crippen LogP contribution in [0.5, 0.6) is 5.75 Å². The van der Waals surface area contributed by atoms with Gasteiger partial charge in [0.15, 0.2) is 6.61 Å². The Morgan fingerprint density at radius 2 is 1.84 bits per heavy atom. The maximum atomic E-state index is 12.5. The molecule has 0 saturated heterocycles. The van der Waals surface area contributed by atoms with Crippen molar-refractivity contribution in [2.24, 2.45) is 5.92 Å². The molecule has 1 aromatic carbocycles. The summed E-state index contributed by atoms with van der Waals surface area (Å²) in [6.07, 6.45) is 4.24. The lowest BCUT2D eigenvalue weighted by molar-refractivity contribution is -0.146. The standard InChI is InChI=1S/C19H28ClNO4/c1-4-5-6-7-12-21(13-15(2)19(23)24-3)18(22)14-25-17-10-8-16(20)9-11-17/h8-11,15H,4-7,12-14H2,1-3H3. The number of amides is 1. The minimum absolute atomic E-state index is 0.0662. The molecule has 0 bridgehead atoms. The number of unbranched alkanes of at least 4 members (excludes halogenated alkanes) is 3. The predicted molar refractivity (Wildman–Crippen MR) is 98.8 cm³/mol. The van der Waals surface area contributed by atoms with Gasteiger partial charge in [-0.25, -0.2) is 0 Å². The zero-order valence-corrected chi connectivity index (χ0v) is 16.1. The normalized spacial score (nSPS) is 11.7. The molecule has 0 aromatic heterocycles. The first-order valence-corrected chi connectivity index (χ1v) is 9.09. The van der Waals surface area contributed by atoms with Crippen LogP contribution < -0.4 is 4.74 Å². The Labute approximate surface area is 155 Å². The average molecular weight is 370 g/mol. The van der Waals surface area contributed by atoms with E-state index in [1.165, 1.54) is 7.11 Å². The molecular weight excluding hydrogens is 342 g/mol. The van der Waals surface area contributed by atoms with Crippen molar-refractivity contribution in [1.82, 2.24) is 4.90 Å². The topological polar surface area (TPSA) is 55.8 Å². The molecule has 1 aromatic rings. The van der Waals surface area contributed by atoms with Gasteiger partial charge in [-0.15, -0.1) is 0 Å². The Balaban J connectivity index is 2.59. The second-order valence-corrected chi connectivity index (χ2v) is 6.50. The number of hydrogen-bond donors (Lipinski definition) is 0. The first-order chi connectivity index (χ1) is 12.0. The Kier molecular flexibility index (Phi) is 10.0. The lowest BCUT2D eigenvalue weighted by atomic mass is 10.1. The monoisotopic (exact) mass is 369 g/mol. The van der Waals surface area contributed by atoms with Gasteiger partial charge in [0.1, 0.15) is 5.75 Å². The van der Waals surface area contributed by atoms with Gasteiger partial charge in [-0.05, 0) is 30.7 Å². The SMILES string of the molecule is CCCCCCN(CC(C)C(=O)OC)C(=O)COc1ccc(Cl)cc1. The summed E-state index contributed by atoms with van der Waals surface area (Å²) in [6.45, 7) is 4.79. The number of carbonyl (C=O) groups is 2. The number of hydrogen-bond acceptors (Lipinski definition) is 4. The summed E-state index contributed by atoms with van der Waals surface area (Å²) in [4.78, 5) is 25.9. The summed E-state index contributed by atoms with van der Waals surface area (Å²) in [6, 6.07) is 6.86. The van der Waals surface area contributed by atoms with E-state index in [0.29, 0.717) is 23.9 Å². The van der Waals surface area contributed by atoms with E-state index in [0.717, 1.165) is 25.7 Å². The number of methoxy groups -OCH3 is 1. The van der Waals surface area contributed by atoms with Crippen molar-refractivity contribution < 1.29 is 19.1 Å². The maximum absolute atomic E-state index is 12.5. The van der Waals surface area contributed by atoms with E-state index in [1.807, 2.05) is 0 Å². The van der Waals surface area contributed by atoms with Crippen molar-refractivity contribution in [3.8, 4) is 5.75 Å². The molecular formula is C19H28ClNO4. The molecule has 0 saturated carbocycles. The van der Waals surface area contributed by atoms with Crippen LogP contribution in [0.2, 0.25) is 5.02 Å². The number of rotatable bonds is 11. The molecule has 1 amide bonds. The van der Waals surface area contributed by atoms with Gasteiger partial charge in [0, 0.05) is 18.1 Å². The molecule has 1 rings (SSSR count). The van der Waals surface area contributed by atoms with Crippen LogP contribution in [-0.4, -0.2) is 43.6 Å². The largest absolute Gasteiger partial charge is 0.484 e. The first kappa shape index (κ1) is 21.3. The van der Waals surface area contributed by atoms with Gasteiger partial charge in [-0.3, -0.25) is 9.59 Å². The van der Waals surface area contributed by atoms with Crippen molar-refractivity contribution in [3.05, 3.63) is 29.3 Å². The van der Waals surface area contributed by atoms with Gasteiger partial charge in [0.25, 0.3) is 5.91 Å². The summed E-state index contributed by atoms with van der Waals surface area (Å²) in [5, 5.41) is 0.614. The van der Waals surface area contributed by atoms with Gasteiger partial charge >= 0.3 is 5.97 Å². The van der Waals surface area contributed by atoms with Gasteiger partial charge in [0.05, 0.1) is 13.0 Å². The van der Waals surface area contributed by atoms with Crippen molar-refractivity contribution in [3.63, 3.8) is 0 Å². The second-order valence-electron chi connectivity index (χ2n) is 6.07. The first-order valence-electron chi connectivity index (χ1n) is 8.71. The van der Waals surface area contributed by atoms with Crippen LogP contribution in [0.25, 0.3) is 0 Å². The van der Waals surface area contributed by atoms with Crippen LogP contribution >= 0.6 is 11.6 Å². The van der Waals surface area contributed by atoms with E-state index >= 15 is 0 Å². The van der Waals surface area contributed by atoms with Gasteiger partial charge in [-0.1, -0.05) is 44.7 Å². The number of carbonyl (C=O) groups excluding carboxylic acids is 2. The van der Waals surface area contributed by atoms with E-state index < -0.39 is 0 Å². The third-order valence-electron chi connectivity index (χ3n) is 3.91. The van der Waals surface area contributed by atoms with Crippen LogP contribution in [0.15, 0.2) is 24.3 Å². The molecule has 0 aliphatic carbocycles. The van der Waals surface area contributed by atoms with Crippen LogP contribution in [0, 0.1) is 5.92 Å². The molecule has 1 unspecified atom stereocenters. The van der Waals surface area contributed by atoms with Crippen LogP contribution in [0.3, 0.4) is 0 Å². The Bertz CT molecular complexity index is 533. The molecule has 1 atom stereocenters. The highest BCUT2D eigenvalue weighted by Gasteiger charge is 2.21. The fourth-order valence-electron chi connectivity index (χ4n) is 2.42. The fourth-order valence-corrected chi connectivity index (χ4v) is 2.55. The quantitative estimate of drug-likeness (QED) is 0.438. The predicted octanol–water partition coefficient (Wildman–Crippen LogP) is 3.94. The molecule has 0 heterocycles. The zero-order chi connectivity index (χ0) is 18.7. The summed E-state index contributed by atoms with van der Waals surface area (Å²) < 4.78 is 10.3. The van der Waals surface area contributed by atoms with Crippen molar-refractivity contribution in [2.45, 2.75) is 39.5 Å². The van der Waals surface area contributed by atoms with E-state index in [9.17, 15) is 9.59 Å². The lowest BCUT2D eigenvalue weighted by Crippen LogP contribution is -2.40. The molecule has 0 N–H and O–H groups in total. The Morgan fingerprint density at radius 1 is 1.16 bits per heavy atom. The highest BCUT2D eigenvalue weighted by molar-refractivity contribution is 6.30. The second kappa shape index (κ2) is 11.7. The zero-order valence-electron chi connectivity index (χ0n) is 15.3. The highest BCUT2D eigenvalue weighted by Crippen LogP contribution is 2.16. The minimum Gasteiger partial charge on any atom is -0.484 e. The molecule has 140 valence electrons.